The zero-order chi connectivity index (χ0) is 20.4. The first kappa shape index (κ1) is 21.8. The van der Waals surface area contributed by atoms with Gasteiger partial charge in [0.25, 0.3) is 0 Å². The standard InChI is InChI=1S/C22H30N2O3S/c1-5-13-24(22(28)23-18-9-8-10-19(15-18)25-4)16-17-11-12-20(26-6-2)21(14-17)27-7-3/h8-12,14-15H,5-7,13,16H2,1-4H3,(H,23,28). The molecule has 0 radical (unpaired) electrons. The van der Waals surface area contributed by atoms with Crippen LogP contribution < -0.4 is 19.5 Å². The average molecular weight is 403 g/mol. The van der Waals surface area contributed by atoms with E-state index in [1.54, 1.807) is 7.11 Å². The molecule has 0 atom stereocenters. The summed E-state index contributed by atoms with van der Waals surface area (Å²) in [5, 5.41) is 4.00. The Labute approximate surface area is 173 Å². The number of nitrogens with zero attached hydrogens (tertiary/aromatic N) is 1. The van der Waals surface area contributed by atoms with Crippen LogP contribution in [0.2, 0.25) is 0 Å². The smallest absolute Gasteiger partial charge is 0.173 e. The quantitative estimate of drug-likeness (QED) is 0.558. The van der Waals surface area contributed by atoms with Crippen molar-refractivity contribution in [1.82, 2.24) is 4.90 Å². The van der Waals surface area contributed by atoms with Crippen LogP contribution in [0.4, 0.5) is 5.69 Å². The molecule has 0 bridgehead atoms. The third-order valence-electron chi connectivity index (χ3n) is 4.08. The second-order valence-electron chi connectivity index (χ2n) is 6.23. The molecule has 0 spiro atoms. The highest BCUT2D eigenvalue weighted by Crippen LogP contribution is 2.29. The van der Waals surface area contributed by atoms with Crippen molar-refractivity contribution in [2.24, 2.45) is 0 Å². The van der Waals surface area contributed by atoms with Gasteiger partial charge in [-0.3, -0.25) is 0 Å². The minimum absolute atomic E-state index is 0.595. The van der Waals surface area contributed by atoms with Crippen LogP contribution >= 0.6 is 12.2 Å². The van der Waals surface area contributed by atoms with Crippen molar-refractivity contribution in [3.8, 4) is 17.2 Å². The zero-order valence-electron chi connectivity index (χ0n) is 17.2. The molecule has 2 rings (SSSR count). The highest BCUT2D eigenvalue weighted by molar-refractivity contribution is 7.80. The van der Waals surface area contributed by atoms with Crippen LogP contribution in [0.1, 0.15) is 32.8 Å². The van der Waals surface area contributed by atoms with E-state index in [0.29, 0.717) is 24.9 Å². The predicted octanol–water partition coefficient (Wildman–Crippen LogP) is 5.10. The van der Waals surface area contributed by atoms with E-state index in [0.717, 1.165) is 41.5 Å². The van der Waals surface area contributed by atoms with Gasteiger partial charge in [0.2, 0.25) is 0 Å². The third kappa shape index (κ3) is 6.30. The molecule has 0 heterocycles. The lowest BCUT2D eigenvalue weighted by Gasteiger charge is -2.26. The Morgan fingerprint density at radius 3 is 2.43 bits per heavy atom. The minimum Gasteiger partial charge on any atom is -0.497 e. The molecule has 0 unspecified atom stereocenters. The monoisotopic (exact) mass is 402 g/mol. The van der Waals surface area contributed by atoms with Crippen LogP contribution in [0.15, 0.2) is 42.5 Å². The van der Waals surface area contributed by atoms with Crippen molar-refractivity contribution >= 4 is 23.0 Å². The first-order valence-corrected chi connectivity index (χ1v) is 10.1. The summed E-state index contributed by atoms with van der Waals surface area (Å²) in [4.78, 5) is 2.15. The second-order valence-corrected chi connectivity index (χ2v) is 6.62. The van der Waals surface area contributed by atoms with Crippen molar-refractivity contribution in [1.29, 1.82) is 0 Å². The number of benzene rings is 2. The number of hydrogen-bond acceptors (Lipinski definition) is 4. The van der Waals surface area contributed by atoms with Crippen LogP contribution in [-0.2, 0) is 6.54 Å². The van der Waals surface area contributed by atoms with Crippen LogP contribution in [-0.4, -0.2) is 36.9 Å². The molecule has 0 saturated heterocycles. The summed E-state index contributed by atoms with van der Waals surface area (Å²) in [6.07, 6.45) is 0.995. The van der Waals surface area contributed by atoms with Crippen molar-refractivity contribution in [2.45, 2.75) is 33.7 Å². The van der Waals surface area contributed by atoms with E-state index >= 15 is 0 Å². The molecule has 0 saturated carbocycles. The van der Waals surface area contributed by atoms with Gasteiger partial charge in [-0.15, -0.1) is 0 Å². The lowest BCUT2D eigenvalue weighted by atomic mass is 10.2. The molecule has 0 aromatic heterocycles. The molecule has 2 aromatic carbocycles. The Morgan fingerprint density at radius 2 is 1.75 bits per heavy atom. The lowest BCUT2D eigenvalue weighted by molar-refractivity contribution is 0.287. The van der Waals surface area contributed by atoms with Gasteiger partial charge in [-0.2, -0.15) is 0 Å². The molecule has 5 nitrogen and oxygen atoms in total. The van der Waals surface area contributed by atoms with Gasteiger partial charge in [0.1, 0.15) is 5.75 Å². The molecule has 2 aromatic rings. The van der Waals surface area contributed by atoms with Crippen LogP contribution in [0, 0.1) is 0 Å². The van der Waals surface area contributed by atoms with Gasteiger partial charge in [-0.1, -0.05) is 19.1 Å². The van der Waals surface area contributed by atoms with E-state index in [2.05, 4.69) is 23.2 Å². The summed E-state index contributed by atoms with van der Waals surface area (Å²) in [7, 11) is 1.66. The van der Waals surface area contributed by atoms with Gasteiger partial charge in [0.15, 0.2) is 16.6 Å². The Balaban J connectivity index is 2.14. The fourth-order valence-corrected chi connectivity index (χ4v) is 3.11. The van der Waals surface area contributed by atoms with Crippen molar-refractivity contribution in [3.05, 3.63) is 48.0 Å². The van der Waals surface area contributed by atoms with Crippen molar-refractivity contribution < 1.29 is 14.2 Å². The molecule has 152 valence electrons. The first-order chi connectivity index (χ1) is 13.6. The predicted molar refractivity (Wildman–Crippen MR) is 119 cm³/mol. The van der Waals surface area contributed by atoms with Crippen LogP contribution in [0.3, 0.4) is 0 Å². The molecule has 0 aliphatic carbocycles. The summed E-state index contributed by atoms with van der Waals surface area (Å²) >= 11 is 5.67. The largest absolute Gasteiger partial charge is 0.497 e. The van der Waals surface area contributed by atoms with Gasteiger partial charge < -0.3 is 24.4 Å². The Morgan fingerprint density at radius 1 is 1.00 bits per heavy atom. The molecule has 0 aliphatic heterocycles. The molecule has 0 amide bonds. The van der Waals surface area contributed by atoms with E-state index in [4.69, 9.17) is 26.4 Å². The SMILES string of the molecule is CCCN(Cc1ccc(OCC)c(OCC)c1)C(=S)Nc1cccc(OC)c1. The zero-order valence-corrected chi connectivity index (χ0v) is 18.0. The summed E-state index contributed by atoms with van der Waals surface area (Å²) in [6.45, 7) is 8.83. The summed E-state index contributed by atoms with van der Waals surface area (Å²) in [5.41, 5.74) is 2.03. The second kappa shape index (κ2) is 11.4. The lowest BCUT2D eigenvalue weighted by Crippen LogP contribution is -2.34. The number of hydrogen-bond donors (Lipinski definition) is 1. The van der Waals surface area contributed by atoms with Crippen molar-refractivity contribution in [3.63, 3.8) is 0 Å². The molecule has 6 heteroatoms. The van der Waals surface area contributed by atoms with Crippen molar-refractivity contribution in [2.75, 3.05) is 32.2 Å². The summed E-state index contributed by atoms with van der Waals surface area (Å²) < 4.78 is 16.7. The summed E-state index contributed by atoms with van der Waals surface area (Å²) in [6, 6.07) is 13.8. The maximum atomic E-state index is 5.75. The van der Waals surface area contributed by atoms with E-state index < -0.39 is 0 Å². The fraction of sp³-hybridized carbons (Fsp3) is 0.409. The van der Waals surface area contributed by atoms with E-state index in [-0.39, 0.29) is 0 Å². The Kier molecular flexibility index (Phi) is 8.88. The van der Waals surface area contributed by atoms with Crippen LogP contribution in [0.5, 0.6) is 17.2 Å². The number of anilines is 1. The molecular formula is C22H30N2O3S. The van der Waals surface area contributed by atoms with Gasteiger partial charge >= 0.3 is 0 Å². The molecule has 1 N–H and O–H groups in total. The van der Waals surface area contributed by atoms with Crippen LogP contribution in [0.25, 0.3) is 0 Å². The van der Waals surface area contributed by atoms with Gasteiger partial charge in [0, 0.05) is 24.8 Å². The minimum atomic E-state index is 0.595. The Hall–Kier alpha value is -2.47. The van der Waals surface area contributed by atoms with E-state index in [1.165, 1.54) is 0 Å². The number of ether oxygens (including phenoxy) is 3. The first-order valence-electron chi connectivity index (χ1n) is 9.69. The topological polar surface area (TPSA) is 43.0 Å². The van der Waals surface area contributed by atoms with Gasteiger partial charge in [-0.25, -0.2) is 0 Å². The highest BCUT2D eigenvalue weighted by Gasteiger charge is 2.13. The number of nitrogens with one attached hydrogen (secondary N) is 1. The number of methoxy groups -OCH3 is 1. The summed E-state index contributed by atoms with van der Waals surface area (Å²) in [5.74, 6) is 2.33. The maximum absolute atomic E-state index is 5.75. The maximum Gasteiger partial charge on any atom is 0.173 e. The average Bonchev–Trinajstić information content (AvgIpc) is 2.70. The third-order valence-corrected chi connectivity index (χ3v) is 4.44. The number of thiocarbonyl (C=S) groups is 1. The van der Waals surface area contributed by atoms with Gasteiger partial charge in [-0.05, 0) is 62.3 Å². The Bertz CT molecular complexity index is 767. The highest BCUT2D eigenvalue weighted by atomic mass is 32.1. The fourth-order valence-electron chi connectivity index (χ4n) is 2.84. The molecular weight excluding hydrogens is 372 g/mol. The molecule has 28 heavy (non-hydrogen) atoms. The van der Waals surface area contributed by atoms with Gasteiger partial charge in [0.05, 0.1) is 20.3 Å². The van der Waals surface area contributed by atoms with E-state index in [1.807, 2.05) is 50.2 Å². The number of rotatable bonds is 10. The molecule has 0 fully saturated rings. The normalized spacial score (nSPS) is 10.3. The van der Waals surface area contributed by atoms with E-state index in [9.17, 15) is 0 Å². The molecule has 0 aliphatic rings.